The third kappa shape index (κ3) is 4.38. The van der Waals surface area contributed by atoms with E-state index in [0.717, 1.165) is 17.8 Å². The molecule has 28 heavy (non-hydrogen) atoms. The molecular weight excluding hydrogens is 376 g/mol. The molecule has 0 aromatic carbocycles. The summed E-state index contributed by atoms with van der Waals surface area (Å²) >= 11 is 1.47. The molecule has 0 bridgehead atoms. The van der Waals surface area contributed by atoms with Crippen molar-refractivity contribution in [2.24, 2.45) is 5.92 Å². The Labute approximate surface area is 169 Å². The SMILES string of the molecule is Cc1csc2nc(CN[C@@H]3[C@H](C)CCN(C(=O)OC(C)(C)C)[C@@H]3C)cc(=O)n12. The lowest BCUT2D eigenvalue weighted by molar-refractivity contribution is 0.000654. The van der Waals surface area contributed by atoms with Gasteiger partial charge in [0.05, 0.1) is 5.69 Å². The molecule has 2 aromatic heterocycles. The highest BCUT2D eigenvalue weighted by atomic mass is 32.1. The Morgan fingerprint density at radius 2 is 2.11 bits per heavy atom. The Hall–Kier alpha value is -1.93. The molecule has 0 radical (unpaired) electrons. The van der Waals surface area contributed by atoms with Crippen LogP contribution in [0.15, 0.2) is 16.2 Å². The van der Waals surface area contributed by atoms with Crippen LogP contribution < -0.4 is 10.9 Å². The smallest absolute Gasteiger partial charge is 0.410 e. The van der Waals surface area contributed by atoms with Gasteiger partial charge in [0.15, 0.2) is 4.96 Å². The zero-order valence-corrected chi connectivity index (χ0v) is 18.3. The third-order valence-electron chi connectivity index (χ3n) is 5.23. The molecule has 3 heterocycles. The summed E-state index contributed by atoms with van der Waals surface area (Å²) in [4.78, 5) is 32.1. The zero-order valence-electron chi connectivity index (χ0n) is 17.5. The van der Waals surface area contributed by atoms with Crippen LogP contribution in [0.25, 0.3) is 4.96 Å². The average molecular weight is 407 g/mol. The second-order valence-corrected chi connectivity index (χ2v) is 9.50. The number of aryl methyl sites for hydroxylation is 1. The fourth-order valence-electron chi connectivity index (χ4n) is 3.76. The standard InChI is InChI=1S/C20H30N4O3S/c1-12-7-8-23(19(26)27-20(4,5)6)14(3)17(12)21-10-15-9-16(25)24-13(2)11-28-18(24)22-15/h9,11-12,14,17,21H,7-8,10H2,1-6H3/t12-,14-,17-/m1/s1. The van der Waals surface area contributed by atoms with E-state index in [1.807, 2.05) is 40.0 Å². The zero-order chi connectivity index (χ0) is 20.6. The van der Waals surface area contributed by atoms with E-state index in [1.165, 1.54) is 11.3 Å². The number of ether oxygens (including phenoxy) is 1. The van der Waals surface area contributed by atoms with Gasteiger partial charge in [-0.1, -0.05) is 6.92 Å². The number of nitrogens with one attached hydrogen (secondary N) is 1. The summed E-state index contributed by atoms with van der Waals surface area (Å²) in [6, 6.07) is 1.68. The van der Waals surface area contributed by atoms with Gasteiger partial charge in [0.25, 0.3) is 5.56 Å². The molecule has 1 amide bonds. The molecule has 3 rings (SSSR count). The van der Waals surface area contributed by atoms with Crippen LogP contribution in [0.4, 0.5) is 4.79 Å². The van der Waals surface area contributed by atoms with Gasteiger partial charge >= 0.3 is 6.09 Å². The van der Waals surface area contributed by atoms with E-state index < -0.39 is 5.60 Å². The Morgan fingerprint density at radius 3 is 2.79 bits per heavy atom. The second-order valence-electron chi connectivity index (χ2n) is 8.67. The van der Waals surface area contributed by atoms with Crippen LogP contribution in [0.1, 0.15) is 52.4 Å². The number of likely N-dealkylation sites (tertiary alicyclic amines) is 1. The maximum atomic E-state index is 12.6. The number of hydrogen-bond acceptors (Lipinski definition) is 6. The van der Waals surface area contributed by atoms with Crippen molar-refractivity contribution in [3.63, 3.8) is 0 Å². The molecule has 0 spiro atoms. The molecule has 1 aliphatic rings. The van der Waals surface area contributed by atoms with Crippen molar-refractivity contribution in [2.45, 2.75) is 72.2 Å². The predicted octanol–water partition coefficient (Wildman–Crippen LogP) is 3.19. The van der Waals surface area contributed by atoms with Gasteiger partial charge in [0.1, 0.15) is 5.60 Å². The van der Waals surface area contributed by atoms with Crippen molar-refractivity contribution in [2.75, 3.05) is 6.54 Å². The number of piperidine rings is 1. The summed E-state index contributed by atoms with van der Waals surface area (Å²) in [6.45, 7) is 13.0. The first-order valence-electron chi connectivity index (χ1n) is 9.76. The van der Waals surface area contributed by atoms with E-state index in [4.69, 9.17) is 4.74 Å². The Bertz CT molecular complexity index is 914. The Balaban J connectivity index is 1.72. The summed E-state index contributed by atoms with van der Waals surface area (Å²) in [7, 11) is 0. The van der Waals surface area contributed by atoms with Crippen molar-refractivity contribution >= 4 is 22.4 Å². The highest BCUT2D eigenvalue weighted by Gasteiger charge is 2.37. The minimum Gasteiger partial charge on any atom is -0.444 e. The topological polar surface area (TPSA) is 75.9 Å². The molecule has 1 saturated heterocycles. The quantitative estimate of drug-likeness (QED) is 0.847. The molecule has 1 N–H and O–H groups in total. The molecule has 0 saturated carbocycles. The molecule has 154 valence electrons. The Morgan fingerprint density at radius 1 is 1.39 bits per heavy atom. The largest absolute Gasteiger partial charge is 0.444 e. The first-order chi connectivity index (χ1) is 13.1. The summed E-state index contributed by atoms with van der Waals surface area (Å²) in [5, 5.41) is 5.46. The summed E-state index contributed by atoms with van der Waals surface area (Å²) in [6.07, 6.45) is 0.631. The minimum atomic E-state index is -0.511. The van der Waals surface area contributed by atoms with Crippen molar-refractivity contribution in [1.29, 1.82) is 0 Å². The van der Waals surface area contributed by atoms with Gasteiger partial charge in [-0.2, -0.15) is 0 Å². The number of hydrogen-bond donors (Lipinski definition) is 1. The number of carbonyl (C=O) groups is 1. The van der Waals surface area contributed by atoms with E-state index in [2.05, 4.69) is 17.2 Å². The molecule has 1 aliphatic heterocycles. The molecule has 7 nitrogen and oxygen atoms in total. The molecule has 1 fully saturated rings. The average Bonchev–Trinajstić information content (AvgIpc) is 2.94. The highest BCUT2D eigenvalue weighted by Crippen LogP contribution is 2.25. The molecule has 3 atom stereocenters. The van der Waals surface area contributed by atoms with Gasteiger partial charge in [0, 0.05) is 42.3 Å². The van der Waals surface area contributed by atoms with E-state index in [0.29, 0.717) is 24.0 Å². The molecule has 0 unspecified atom stereocenters. The van der Waals surface area contributed by atoms with Crippen LogP contribution in [0.5, 0.6) is 0 Å². The number of fused-ring (bicyclic) bond motifs is 1. The van der Waals surface area contributed by atoms with Gasteiger partial charge in [-0.05, 0) is 47.0 Å². The first-order valence-corrected chi connectivity index (χ1v) is 10.6. The summed E-state index contributed by atoms with van der Waals surface area (Å²) in [5.41, 5.74) is 1.06. The van der Waals surface area contributed by atoms with Crippen LogP contribution in [0.2, 0.25) is 0 Å². The highest BCUT2D eigenvalue weighted by molar-refractivity contribution is 7.15. The third-order valence-corrected chi connectivity index (χ3v) is 6.17. The normalized spacial score (nSPS) is 23.2. The first kappa shape index (κ1) is 20.8. The van der Waals surface area contributed by atoms with Gasteiger partial charge < -0.3 is 15.0 Å². The lowest BCUT2D eigenvalue weighted by atomic mass is 9.87. The van der Waals surface area contributed by atoms with E-state index in [-0.39, 0.29) is 23.7 Å². The Kier molecular flexibility index (Phi) is 5.82. The lowest BCUT2D eigenvalue weighted by Gasteiger charge is -2.43. The predicted molar refractivity (Wildman–Crippen MR) is 111 cm³/mol. The van der Waals surface area contributed by atoms with E-state index in [9.17, 15) is 9.59 Å². The molecule has 8 heteroatoms. The number of carbonyl (C=O) groups excluding carboxylic acids is 1. The van der Waals surface area contributed by atoms with Gasteiger partial charge in [-0.15, -0.1) is 11.3 Å². The summed E-state index contributed by atoms with van der Waals surface area (Å²) in [5.74, 6) is 0.405. The van der Waals surface area contributed by atoms with E-state index >= 15 is 0 Å². The van der Waals surface area contributed by atoms with E-state index in [1.54, 1.807) is 15.4 Å². The maximum absolute atomic E-state index is 12.6. The lowest BCUT2D eigenvalue weighted by Crippen LogP contribution is -2.58. The number of rotatable bonds is 3. The van der Waals surface area contributed by atoms with Crippen molar-refractivity contribution in [3.8, 4) is 0 Å². The number of aromatic nitrogens is 2. The molecule has 0 aliphatic carbocycles. The summed E-state index contributed by atoms with van der Waals surface area (Å²) < 4.78 is 7.19. The molecular formula is C20H30N4O3S. The van der Waals surface area contributed by atoms with Gasteiger partial charge in [-0.25, -0.2) is 9.78 Å². The van der Waals surface area contributed by atoms with Crippen molar-refractivity contribution < 1.29 is 9.53 Å². The number of thiazole rings is 1. The van der Waals surface area contributed by atoms with Gasteiger partial charge in [0.2, 0.25) is 0 Å². The van der Waals surface area contributed by atoms with Crippen LogP contribution in [0.3, 0.4) is 0 Å². The van der Waals surface area contributed by atoms with Crippen LogP contribution in [-0.4, -0.2) is 44.6 Å². The van der Waals surface area contributed by atoms with Gasteiger partial charge in [-0.3, -0.25) is 9.20 Å². The van der Waals surface area contributed by atoms with Crippen LogP contribution in [-0.2, 0) is 11.3 Å². The fourth-order valence-corrected chi connectivity index (χ4v) is 4.65. The fraction of sp³-hybridized carbons (Fsp3) is 0.650. The maximum Gasteiger partial charge on any atom is 0.410 e. The van der Waals surface area contributed by atoms with Crippen molar-refractivity contribution in [3.05, 3.63) is 33.2 Å². The van der Waals surface area contributed by atoms with Crippen LogP contribution >= 0.6 is 11.3 Å². The van der Waals surface area contributed by atoms with Crippen molar-refractivity contribution in [1.82, 2.24) is 19.6 Å². The number of nitrogens with zero attached hydrogens (tertiary/aromatic N) is 3. The van der Waals surface area contributed by atoms with Crippen LogP contribution in [0, 0.1) is 12.8 Å². The second kappa shape index (κ2) is 7.83. The molecule has 2 aromatic rings. The monoisotopic (exact) mass is 406 g/mol. The minimum absolute atomic E-state index is 0.00703. The number of amides is 1.